The Hall–Kier alpha value is -0.170. The quantitative estimate of drug-likeness (QED) is 0.538. The summed E-state index contributed by atoms with van der Waals surface area (Å²) < 4.78 is 28.0. The van der Waals surface area contributed by atoms with Crippen LogP contribution in [-0.2, 0) is 14.6 Å². The zero-order valence-electron chi connectivity index (χ0n) is 10.0. The van der Waals surface area contributed by atoms with Crippen molar-refractivity contribution in [2.75, 3.05) is 18.6 Å². The van der Waals surface area contributed by atoms with Gasteiger partial charge in [0.2, 0.25) is 0 Å². The number of nitrogens with one attached hydrogen (secondary N) is 1. The van der Waals surface area contributed by atoms with E-state index >= 15 is 0 Å². The molecule has 0 aliphatic carbocycles. The highest BCUT2D eigenvalue weighted by Gasteiger charge is 2.36. The van der Waals surface area contributed by atoms with Gasteiger partial charge in [0.25, 0.3) is 0 Å². The molecule has 2 unspecified atom stereocenters. The van der Waals surface area contributed by atoms with Crippen molar-refractivity contribution < 1.29 is 13.2 Å². The SMILES string of the molecule is CC1(C(CCS(C)(=O)=O)NN)CCCCO1. The summed E-state index contributed by atoms with van der Waals surface area (Å²) in [5.41, 5.74) is 2.36. The van der Waals surface area contributed by atoms with Gasteiger partial charge in [-0.3, -0.25) is 11.3 Å². The molecule has 1 rings (SSSR count). The molecule has 1 fully saturated rings. The predicted molar refractivity (Wildman–Crippen MR) is 63.6 cm³/mol. The molecule has 1 heterocycles. The topological polar surface area (TPSA) is 81.4 Å². The van der Waals surface area contributed by atoms with E-state index in [0.29, 0.717) is 6.42 Å². The molecule has 0 aromatic rings. The summed E-state index contributed by atoms with van der Waals surface area (Å²) in [6.45, 7) is 2.73. The molecule has 0 radical (unpaired) electrons. The third-order valence-corrected chi connectivity index (χ3v) is 4.19. The lowest BCUT2D eigenvalue weighted by Gasteiger charge is -2.40. The fourth-order valence-corrected chi connectivity index (χ4v) is 2.79. The summed E-state index contributed by atoms with van der Waals surface area (Å²) in [7, 11) is -2.95. The molecule has 16 heavy (non-hydrogen) atoms. The van der Waals surface area contributed by atoms with E-state index in [1.54, 1.807) is 0 Å². The lowest BCUT2D eigenvalue weighted by Crippen LogP contribution is -2.55. The van der Waals surface area contributed by atoms with E-state index in [9.17, 15) is 8.42 Å². The summed E-state index contributed by atoms with van der Waals surface area (Å²) in [4.78, 5) is 0. The molecular weight excluding hydrogens is 228 g/mol. The number of rotatable bonds is 5. The fraction of sp³-hybridized carbons (Fsp3) is 1.00. The summed E-state index contributed by atoms with van der Waals surface area (Å²) in [6, 6.07) is -0.109. The molecule has 96 valence electrons. The van der Waals surface area contributed by atoms with E-state index in [1.165, 1.54) is 6.26 Å². The van der Waals surface area contributed by atoms with E-state index in [4.69, 9.17) is 10.6 Å². The van der Waals surface area contributed by atoms with Crippen molar-refractivity contribution in [3.8, 4) is 0 Å². The van der Waals surface area contributed by atoms with Crippen molar-refractivity contribution in [1.29, 1.82) is 0 Å². The van der Waals surface area contributed by atoms with Gasteiger partial charge in [-0.2, -0.15) is 0 Å². The largest absolute Gasteiger partial charge is 0.374 e. The number of hydrogen-bond acceptors (Lipinski definition) is 5. The maximum Gasteiger partial charge on any atom is 0.147 e. The monoisotopic (exact) mass is 250 g/mol. The molecule has 0 spiro atoms. The predicted octanol–water partition coefficient (Wildman–Crippen LogP) is 0.212. The van der Waals surface area contributed by atoms with Crippen molar-refractivity contribution in [2.45, 2.75) is 44.2 Å². The van der Waals surface area contributed by atoms with Crippen molar-refractivity contribution in [1.82, 2.24) is 5.43 Å². The van der Waals surface area contributed by atoms with Crippen molar-refractivity contribution in [2.24, 2.45) is 5.84 Å². The van der Waals surface area contributed by atoms with Crippen LogP contribution in [0.25, 0.3) is 0 Å². The summed E-state index contributed by atoms with van der Waals surface area (Å²) >= 11 is 0. The van der Waals surface area contributed by atoms with E-state index in [-0.39, 0.29) is 17.4 Å². The van der Waals surface area contributed by atoms with Gasteiger partial charge in [0.15, 0.2) is 0 Å². The minimum Gasteiger partial charge on any atom is -0.374 e. The molecule has 0 aromatic carbocycles. The molecule has 3 N–H and O–H groups in total. The smallest absolute Gasteiger partial charge is 0.147 e. The van der Waals surface area contributed by atoms with Crippen LogP contribution in [0.1, 0.15) is 32.6 Å². The Bertz CT molecular complexity index is 310. The zero-order chi connectivity index (χ0) is 12.2. The summed E-state index contributed by atoms with van der Waals surface area (Å²) in [6.07, 6.45) is 4.83. The van der Waals surface area contributed by atoms with Crippen LogP contribution in [-0.4, -0.2) is 38.7 Å². The van der Waals surface area contributed by atoms with Crippen LogP contribution >= 0.6 is 0 Å². The highest BCUT2D eigenvalue weighted by molar-refractivity contribution is 7.90. The van der Waals surface area contributed by atoms with E-state index in [2.05, 4.69) is 5.43 Å². The number of nitrogens with two attached hydrogens (primary N) is 1. The van der Waals surface area contributed by atoms with Crippen LogP contribution in [0.15, 0.2) is 0 Å². The molecule has 0 saturated carbocycles. The minimum absolute atomic E-state index is 0.109. The highest BCUT2D eigenvalue weighted by Crippen LogP contribution is 2.29. The molecule has 0 amide bonds. The van der Waals surface area contributed by atoms with Gasteiger partial charge in [-0.1, -0.05) is 0 Å². The van der Waals surface area contributed by atoms with Crippen LogP contribution in [0.2, 0.25) is 0 Å². The van der Waals surface area contributed by atoms with E-state index in [0.717, 1.165) is 25.9 Å². The van der Waals surface area contributed by atoms with Crippen molar-refractivity contribution in [3.63, 3.8) is 0 Å². The second-order valence-corrected chi connectivity index (χ2v) is 7.02. The average Bonchev–Trinajstić information content (AvgIpc) is 2.17. The summed E-state index contributed by atoms with van der Waals surface area (Å²) in [5, 5.41) is 0. The lowest BCUT2D eigenvalue weighted by atomic mass is 9.87. The van der Waals surface area contributed by atoms with Gasteiger partial charge in [0.1, 0.15) is 9.84 Å². The first-order valence-electron chi connectivity index (χ1n) is 5.65. The Morgan fingerprint density at radius 3 is 2.62 bits per heavy atom. The third kappa shape index (κ3) is 4.01. The molecule has 1 aliphatic rings. The first-order chi connectivity index (χ1) is 7.37. The van der Waals surface area contributed by atoms with Gasteiger partial charge < -0.3 is 4.74 Å². The maximum atomic E-state index is 11.1. The Kier molecular flexibility index (Phi) is 4.73. The first kappa shape index (κ1) is 13.9. The van der Waals surface area contributed by atoms with Crippen molar-refractivity contribution >= 4 is 9.84 Å². The Morgan fingerprint density at radius 1 is 1.50 bits per heavy atom. The number of ether oxygens (including phenoxy) is 1. The second-order valence-electron chi connectivity index (χ2n) is 4.76. The minimum atomic E-state index is -2.95. The lowest BCUT2D eigenvalue weighted by molar-refractivity contribution is -0.0890. The molecule has 0 aromatic heterocycles. The second kappa shape index (κ2) is 5.44. The van der Waals surface area contributed by atoms with Crippen LogP contribution in [0.3, 0.4) is 0 Å². The Labute approximate surface area is 97.6 Å². The molecule has 0 bridgehead atoms. The molecular formula is C10H22N2O3S. The zero-order valence-corrected chi connectivity index (χ0v) is 10.8. The van der Waals surface area contributed by atoms with Gasteiger partial charge in [-0.15, -0.1) is 0 Å². The van der Waals surface area contributed by atoms with Crippen LogP contribution in [0, 0.1) is 0 Å². The Balaban J connectivity index is 2.58. The van der Waals surface area contributed by atoms with Gasteiger partial charge in [-0.05, 0) is 32.6 Å². The summed E-state index contributed by atoms with van der Waals surface area (Å²) in [5.74, 6) is 5.63. The normalized spacial score (nSPS) is 28.9. The Morgan fingerprint density at radius 2 is 2.19 bits per heavy atom. The number of hydrogen-bond donors (Lipinski definition) is 2. The highest BCUT2D eigenvalue weighted by atomic mass is 32.2. The van der Waals surface area contributed by atoms with E-state index < -0.39 is 9.84 Å². The number of hydrazine groups is 1. The fourth-order valence-electron chi connectivity index (χ4n) is 2.13. The van der Waals surface area contributed by atoms with Gasteiger partial charge >= 0.3 is 0 Å². The third-order valence-electron chi connectivity index (χ3n) is 3.21. The molecule has 6 heteroatoms. The van der Waals surface area contributed by atoms with Gasteiger partial charge in [-0.25, -0.2) is 8.42 Å². The maximum absolute atomic E-state index is 11.1. The first-order valence-corrected chi connectivity index (χ1v) is 7.71. The van der Waals surface area contributed by atoms with Crippen LogP contribution in [0.5, 0.6) is 0 Å². The van der Waals surface area contributed by atoms with Gasteiger partial charge in [0, 0.05) is 12.9 Å². The molecule has 5 nitrogen and oxygen atoms in total. The average molecular weight is 250 g/mol. The van der Waals surface area contributed by atoms with E-state index in [1.807, 2.05) is 6.92 Å². The van der Waals surface area contributed by atoms with Crippen molar-refractivity contribution in [3.05, 3.63) is 0 Å². The molecule has 2 atom stereocenters. The standard InChI is InChI=1S/C10H22N2O3S/c1-10(6-3-4-7-15-10)9(12-11)5-8-16(2,13)14/h9,12H,3-8,11H2,1-2H3. The van der Waals surface area contributed by atoms with Crippen LogP contribution in [0.4, 0.5) is 0 Å². The van der Waals surface area contributed by atoms with Gasteiger partial charge in [0.05, 0.1) is 17.4 Å². The van der Waals surface area contributed by atoms with Crippen LogP contribution < -0.4 is 11.3 Å². The molecule has 1 saturated heterocycles. The number of sulfone groups is 1. The molecule has 1 aliphatic heterocycles.